The molecule has 0 radical (unpaired) electrons. The van der Waals surface area contributed by atoms with Gasteiger partial charge in [-0.05, 0) is 48.8 Å². The number of nitrogens with two attached hydrogens (primary N) is 1. The van der Waals surface area contributed by atoms with E-state index in [4.69, 9.17) is 5.73 Å². The van der Waals surface area contributed by atoms with Gasteiger partial charge in [-0.15, -0.1) is 12.4 Å². The molecule has 0 saturated heterocycles. The van der Waals surface area contributed by atoms with Crippen molar-refractivity contribution in [1.82, 2.24) is 5.32 Å². The molecule has 4 heteroatoms. The molecular formula is C15H23ClN2O. The molecular weight excluding hydrogens is 260 g/mol. The van der Waals surface area contributed by atoms with Gasteiger partial charge < -0.3 is 11.1 Å². The van der Waals surface area contributed by atoms with Crippen LogP contribution >= 0.6 is 12.4 Å². The van der Waals surface area contributed by atoms with Crippen LogP contribution in [0.2, 0.25) is 0 Å². The highest BCUT2D eigenvalue weighted by Crippen LogP contribution is 2.50. The van der Waals surface area contributed by atoms with Gasteiger partial charge in [0.25, 0.3) is 5.91 Å². The third-order valence-corrected chi connectivity index (χ3v) is 3.57. The van der Waals surface area contributed by atoms with Crippen molar-refractivity contribution in [2.24, 2.45) is 11.3 Å². The van der Waals surface area contributed by atoms with Gasteiger partial charge in [0, 0.05) is 17.8 Å². The van der Waals surface area contributed by atoms with Crippen LogP contribution in [0.3, 0.4) is 0 Å². The Morgan fingerprint density at radius 2 is 2.11 bits per heavy atom. The Morgan fingerprint density at radius 1 is 1.42 bits per heavy atom. The van der Waals surface area contributed by atoms with Crippen LogP contribution in [0.25, 0.3) is 0 Å². The van der Waals surface area contributed by atoms with Gasteiger partial charge in [-0.25, -0.2) is 0 Å². The average molecular weight is 283 g/mol. The predicted octanol–water partition coefficient (Wildman–Crippen LogP) is 3.25. The molecule has 19 heavy (non-hydrogen) atoms. The van der Waals surface area contributed by atoms with Crippen molar-refractivity contribution in [2.45, 2.75) is 33.1 Å². The molecule has 1 aliphatic carbocycles. The maximum absolute atomic E-state index is 12.0. The monoisotopic (exact) mass is 282 g/mol. The lowest BCUT2D eigenvalue weighted by Crippen LogP contribution is -2.30. The fourth-order valence-electron chi connectivity index (χ4n) is 2.55. The Kier molecular flexibility index (Phi) is 5.24. The van der Waals surface area contributed by atoms with Crippen LogP contribution in [-0.2, 0) is 0 Å². The molecule has 1 aromatic rings. The molecule has 0 heterocycles. The van der Waals surface area contributed by atoms with Gasteiger partial charge in [-0.1, -0.05) is 19.9 Å². The van der Waals surface area contributed by atoms with Crippen molar-refractivity contribution in [3.8, 4) is 0 Å². The maximum Gasteiger partial charge on any atom is 0.251 e. The number of anilines is 1. The Labute approximate surface area is 121 Å². The summed E-state index contributed by atoms with van der Waals surface area (Å²) >= 11 is 0. The number of rotatable bonds is 5. The molecule has 0 aromatic heterocycles. The van der Waals surface area contributed by atoms with Gasteiger partial charge in [-0.2, -0.15) is 0 Å². The molecule has 3 N–H and O–H groups in total. The smallest absolute Gasteiger partial charge is 0.251 e. The maximum atomic E-state index is 12.0. The highest BCUT2D eigenvalue weighted by molar-refractivity contribution is 5.95. The quantitative estimate of drug-likeness (QED) is 0.815. The lowest BCUT2D eigenvalue weighted by atomic mass is 9.94. The second-order valence-electron chi connectivity index (χ2n) is 5.91. The summed E-state index contributed by atoms with van der Waals surface area (Å²) in [7, 11) is 0. The van der Waals surface area contributed by atoms with Crippen molar-refractivity contribution in [3.05, 3.63) is 29.8 Å². The number of benzene rings is 1. The molecule has 1 fully saturated rings. The summed E-state index contributed by atoms with van der Waals surface area (Å²) in [6, 6.07) is 7.12. The summed E-state index contributed by atoms with van der Waals surface area (Å²) in [5, 5.41) is 3.04. The summed E-state index contributed by atoms with van der Waals surface area (Å²) in [4.78, 5) is 12.0. The van der Waals surface area contributed by atoms with Gasteiger partial charge in [0.2, 0.25) is 0 Å². The van der Waals surface area contributed by atoms with E-state index < -0.39 is 0 Å². The number of hydrogen-bond acceptors (Lipinski definition) is 2. The van der Waals surface area contributed by atoms with Gasteiger partial charge >= 0.3 is 0 Å². The number of hydrogen-bond donors (Lipinski definition) is 2. The van der Waals surface area contributed by atoms with E-state index in [1.807, 2.05) is 6.07 Å². The zero-order valence-corrected chi connectivity index (χ0v) is 12.4. The number of carbonyl (C=O) groups is 1. The van der Waals surface area contributed by atoms with E-state index in [0.29, 0.717) is 22.6 Å². The molecule has 0 spiro atoms. The molecule has 1 saturated carbocycles. The first-order valence-corrected chi connectivity index (χ1v) is 6.64. The lowest BCUT2D eigenvalue weighted by Gasteiger charge is -2.18. The standard InChI is InChI=1S/C15H22N2O.ClH/c1-11(2)9-15(6-7-15)10-17-14(18)12-4-3-5-13(16)8-12;/h3-5,8,11H,6-7,9-10,16H2,1-2H3,(H,17,18);1H. The zero-order valence-electron chi connectivity index (χ0n) is 11.6. The van der Waals surface area contributed by atoms with Crippen LogP contribution in [0.15, 0.2) is 24.3 Å². The summed E-state index contributed by atoms with van der Waals surface area (Å²) in [6.45, 7) is 5.26. The third kappa shape index (κ3) is 4.43. The van der Waals surface area contributed by atoms with Crippen molar-refractivity contribution in [1.29, 1.82) is 0 Å². The fraction of sp³-hybridized carbons (Fsp3) is 0.533. The number of carbonyl (C=O) groups excluding carboxylic acids is 1. The van der Waals surface area contributed by atoms with Crippen LogP contribution in [0, 0.1) is 11.3 Å². The number of amides is 1. The third-order valence-electron chi connectivity index (χ3n) is 3.57. The molecule has 0 atom stereocenters. The Bertz CT molecular complexity index is 442. The van der Waals surface area contributed by atoms with Crippen molar-refractivity contribution >= 4 is 24.0 Å². The fourth-order valence-corrected chi connectivity index (χ4v) is 2.55. The number of nitrogens with one attached hydrogen (secondary N) is 1. The largest absolute Gasteiger partial charge is 0.399 e. The van der Waals surface area contributed by atoms with Gasteiger partial charge in [0.1, 0.15) is 0 Å². The zero-order chi connectivity index (χ0) is 13.2. The van der Waals surface area contributed by atoms with Crippen molar-refractivity contribution < 1.29 is 4.79 Å². The molecule has 0 aliphatic heterocycles. The Morgan fingerprint density at radius 3 is 2.63 bits per heavy atom. The molecule has 0 bridgehead atoms. The van der Waals surface area contributed by atoms with E-state index in [1.165, 1.54) is 19.3 Å². The van der Waals surface area contributed by atoms with Crippen LogP contribution in [-0.4, -0.2) is 12.5 Å². The summed E-state index contributed by atoms with van der Waals surface area (Å²) < 4.78 is 0. The molecule has 0 unspecified atom stereocenters. The first-order chi connectivity index (χ1) is 8.51. The normalized spacial score (nSPS) is 15.7. The van der Waals surface area contributed by atoms with E-state index in [2.05, 4.69) is 19.2 Å². The van der Waals surface area contributed by atoms with E-state index in [-0.39, 0.29) is 18.3 Å². The summed E-state index contributed by atoms with van der Waals surface area (Å²) in [6.07, 6.45) is 3.68. The Balaban J connectivity index is 0.00000180. The second kappa shape index (κ2) is 6.29. The van der Waals surface area contributed by atoms with Crippen LogP contribution in [0.5, 0.6) is 0 Å². The second-order valence-corrected chi connectivity index (χ2v) is 5.91. The van der Waals surface area contributed by atoms with Crippen molar-refractivity contribution in [3.63, 3.8) is 0 Å². The van der Waals surface area contributed by atoms with Crippen LogP contribution in [0.1, 0.15) is 43.5 Å². The van der Waals surface area contributed by atoms with Crippen molar-refractivity contribution in [2.75, 3.05) is 12.3 Å². The molecule has 1 aromatic carbocycles. The molecule has 106 valence electrons. The Hall–Kier alpha value is -1.22. The first kappa shape index (κ1) is 15.8. The molecule has 3 nitrogen and oxygen atoms in total. The van der Waals surface area contributed by atoms with E-state index >= 15 is 0 Å². The van der Waals surface area contributed by atoms with Gasteiger partial charge in [0.15, 0.2) is 0 Å². The van der Waals surface area contributed by atoms with Crippen LogP contribution in [0.4, 0.5) is 5.69 Å². The summed E-state index contributed by atoms with van der Waals surface area (Å²) in [5.41, 5.74) is 7.32. The highest BCUT2D eigenvalue weighted by Gasteiger charge is 2.42. The topological polar surface area (TPSA) is 55.1 Å². The summed E-state index contributed by atoms with van der Waals surface area (Å²) in [5.74, 6) is 0.675. The van der Waals surface area contributed by atoms with E-state index in [9.17, 15) is 4.79 Å². The molecule has 1 amide bonds. The van der Waals surface area contributed by atoms with Gasteiger partial charge in [0.05, 0.1) is 0 Å². The minimum atomic E-state index is -0.0164. The number of halogens is 1. The first-order valence-electron chi connectivity index (χ1n) is 6.64. The van der Waals surface area contributed by atoms with E-state index in [1.54, 1.807) is 18.2 Å². The highest BCUT2D eigenvalue weighted by atomic mass is 35.5. The van der Waals surface area contributed by atoms with Gasteiger partial charge in [-0.3, -0.25) is 4.79 Å². The number of nitrogen functional groups attached to an aromatic ring is 1. The molecule has 2 rings (SSSR count). The predicted molar refractivity (Wildman–Crippen MR) is 81.6 cm³/mol. The average Bonchev–Trinajstić information content (AvgIpc) is 3.05. The molecule has 1 aliphatic rings. The SMILES string of the molecule is CC(C)CC1(CNC(=O)c2cccc(N)c2)CC1.Cl. The minimum Gasteiger partial charge on any atom is -0.399 e. The van der Waals surface area contributed by atoms with Crippen LogP contribution < -0.4 is 11.1 Å². The lowest BCUT2D eigenvalue weighted by molar-refractivity contribution is 0.0942. The van der Waals surface area contributed by atoms with E-state index in [0.717, 1.165) is 6.54 Å². The minimum absolute atomic E-state index is 0.